The molecule has 0 aliphatic heterocycles. The number of nitro benzene ring substituents is 1. The van der Waals surface area contributed by atoms with E-state index in [9.17, 15) is 10.1 Å². The smallest absolute Gasteiger partial charge is 0.275 e. The van der Waals surface area contributed by atoms with Crippen molar-refractivity contribution in [3.63, 3.8) is 0 Å². The number of halogens is 1. The predicted octanol–water partition coefficient (Wildman–Crippen LogP) is 4.08. The summed E-state index contributed by atoms with van der Waals surface area (Å²) in [4.78, 5) is 11.7. The van der Waals surface area contributed by atoms with E-state index in [0.29, 0.717) is 18.0 Å². The lowest BCUT2D eigenvalue weighted by Gasteiger charge is -2.07. The summed E-state index contributed by atoms with van der Waals surface area (Å²) in [5.41, 5.74) is 0.706. The SMILES string of the molecule is COc1cc(NCCc2ccc(Br)s2)cc([N+](=O)[O-])c1. The summed E-state index contributed by atoms with van der Waals surface area (Å²) in [5.74, 6) is 0.473. The van der Waals surface area contributed by atoms with Gasteiger partial charge in [-0.1, -0.05) is 0 Å². The second-order valence-electron chi connectivity index (χ2n) is 4.06. The van der Waals surface area contributed by atoms with E-state index in [1.807, 2.05) is 6.07 Å². The van der Waals surface area contributed by atoms with Gasteiger partial charge in [-0.2, -0.15) is 0 Å². The normalized spacial score (nSPS) is 10.3. The standard InChI is InChI=1S/C13H13BrN2O3S/c1-19-11-7-9(6-10(8-11)16(17)18)15-5-4-12-2-3-13(14)20-12/h2-3,6-8,15H,4-5H2,1H3. The molecular formula is C13H13BrN2O3S. The average Bonchev–Trinajstić information content (AvgIpc) is 2.84. The Labute approximate surface area is 128 Å². The molecule has 2 aromatic rings. The highest BCUT2D eigenvalue weighted by molar-refractivity contribution is 9.11. The van der Waals surface area contributed by atoms with E-state index >= 15 is 0 Å². The number of nitrogens with zero attached hydrogens (tertiary/aromatic N) is 1. The maximum Gasteiger partial charge on any atom is 0.275 e. The minimum atomic E-state index is -0.427. The summed E-state index contributed by atoms with van der Waals surface area (Å²) in [6.45, 7) is 0.706. The van der Waals surface area contributed by atoms with E-state index in [1.54, 1.807) is 17.4 Å². The molecule has 106 valence electrons. The van der Waals surface area contributed by atoms with Crippen molar-refractivity contribution in [3.8, 4) is 5.75 Å². The van der Waals surface area contributed by atoms with Crippen LogP contribution < -0.4 is 10.1 Å². The van der Waals surface area contributed by atoms with Gasteiger partial charge in [0.2, 0.25) is 0 Å². The lowest BCUT2D eigenvalue weighted by Crippen LogP contribution is -2.04. The van der Waals surface area contributed by atoms with Gasteiger partial charge < -0.3 is 10.1 Å². The average molecular weight is 357 g/mol. The van der Waals surface area contributed by atoms with E-state index in [2.05, 4.69) is 27.3 Å². The number of anilines is 1. The van der Waals surface area contributed by atoms with Crippen LogP contribution in [0.15, 0.2) is 34.1 Å². The molecule has 0 aliphatic carbocycles. The van der Waals surface area contributed by atoms with E-state index < -0.39 is 4.92 Å². The van der Waals surface area contributed by atoms with Gasteiger partial charge >= 0.3 is 0 Å². The van der Waals surface area contributed by atoms with E-state index in [1.165, 1.54) is 24.1 Å². The van der Waals surface area contributed by atoms with Gasteiger partial charge in [0.15, 0.2) is 0 Å². The number of ether oxygens (including phenoxy) is 1. The first kappa shape index (κ1) is 14.8. The predicted molar refractivity (Wildman–Crippen MR) is 83.9 cm³/mol. The number of hydrogen-bond donors (Lipinski definition) is 1. The van der Waals surface area contributed by atoms with Crippen LogP contribution in [0.2, 0.25) is 0 Å². The van der Waals surface area contributed by atoms with Crippen LogP contribution in [0.3, 0.4) is 0 Å². The van der Waals surface area contributed by atoms with Crippen molar-refractivity contribution in [2.45, 2.75) is 6.42 Å². The van der Waals surface area contributed by atoms with Crippen LogP contribution in [0, 0.1) is 10.1 Å². The molecule has 0 fully saturated rings. The fraction of sp³-hybridized carbons (Fsp3) is 0.231. The molecule has 5 nitrogen and oxygen atoms in total. The molecule has 0 saturated carbocycles. The Kier molecular flexibility index (Phi) is 4.97. The van der Waals surface area contributed by atoms with Crippen LogP contribution >= 0.6 is 27.3 Å². The number of non-ortho nitro benzene ring substituents is 1. The van der Waals surface area contributed by atoms with Crippen LogP contribution in [0.25, 0.3) is 0 Å². The Morgan fingerprint density at radius 1 is 1.40 bits per heavy atom. The summed E-state index contributed by atoms with van der Waals surface area (Å²) >= 11 is 5.10. The molecule has 0 radical (unpaired) electrons. The molecule has 1 aromatic heterocycles. The summed E-state index contributed by atoms with van der Waals surface area (Å²) in [7, 11) is 1.49. The van der Waals surface area contributed by atoms with Crippen LogP contribution in [-0.4, -0.2) is 18.6 Å². The van der Waals surface area contributed by atoms with E-state index in [4.69, 9.17) is 4.74 Å². The quantitative estimate of drug-likeness (QED) is 0.625. The molecule has 0 atom stereocenters. The lowest BCUT2D eigenvalue weighted by molar-refractivity contribution is -0.384. The number of hydrogen-bond acceptors (Lipinski definition) is 5. The Bertz CT molecular complexity index is 615. The minimum Gasteiger partial charge on any atom is -0.496 e. The molecule has 2 rings (SSSR count). The fourth-order valence-electron chi connectivity index (χ4n) is 1.72. The highest BCUT2D eigenvalue weighted by atomic mass is 79.9. The van der Waals surface area contributed by atoms with E-state index in [-0.39, 0.29) is 5.69 Å². The molecule has 0 bridgehead atoms. The Morgan fingerprint density at radius 2 is 2.20 bits per heavy atom. The van der Waals surface area contributed by atoms with Gasteiger partial charge in [0.05, 0.1) is 21.9 Å². The second kappa shape index (κ2) is 6.71. The van der Waals surface area contributed by atoms with Crippen molar-refractivity contribution in [2.24, 2.45) is 0 Å². The summed E-state index contributed by atoms with van der Waals surface area (Å²) in [6, 6.07) is 8.73. The van der Waals surface area contributed by atoms with Gasteiger partial charge in [-0.15, -0.1) is 11.3 Å². The van der Waals surface area contributed by atoms with Gasteiger partial charge in [-0.25, -0.2) is 0 Å². The highest BCUT2D eigenvalue weighted by Crippen LogP contribution is 2.26. The van der Waals surface area contributed by atoms with E-state index in [0.717, 1.165) is 10.2 Å². The zero-order valence-electron chi connectivity index (χ0n) is 10.8. The topological polar surface area (TPSA) is 64.4 Å². The molecule has 1 aromatic carbocycles. The number of nitrogens with one attached hydrogen (secondary N) is 1. The van der Waals surface area contributed by atoms with Crippen molar-refractivity contribution in [1.29, 1.82) is 0 Å². The molecule has 0 spiro atoms. The molecule has 0 aliphatic rings. The largest absolute Gasteiger partial charge is 0.496 e. The lowest BCUT2D eigenvalue weighted by atomic mass is 10.2. The second-order valence-corrected chi connectivity index (χ2v) is 6.61. The molecule has 0 amide bonds. The first-order chi connectivity index (χ1) is 9.58. The van der Waals surface area contributed by atoms with Crippen molar-refractivity contribution >= 4 is 38.6 Å². The minimum absolute atomic E-state index is 0.0192. The first-order valence-corrected chi connectivity index (χ1v) is 7.51. The van der Waals surface area contributed by atoms with Gasteiger partial charge in [0, 0.05) is 29.2 Å². The monoisotopic (exact) mass is 356 g/mol. The van der Waals surface area contributed by atoms with Crippen LogP contribution in [0.1, 0.15) is 4.88 Å². The van der Waals surface area contributed by atoms with Crippen LogP contribution in [-0.2, 0) is 6.42 Å². The molecule has 0 saturated heterocycles. The maximum absolute atomic E-state index is 10.8. The third kappa shape index (κ3) is 3.94. The van der Waals surface area contributed by atoms with Crippen molar-refractivity contribution in [1.82, 2.24) is 0 Å². The Hall–Kier alpha value is -1.60. The first-order valence-electron chi connectivity index (χ1n) is 5.90. The molecular weight excluding hydrogens is 344 g/mol. The molecule has 1 heterocycles. The van der Waals surface area contributed by atoms with Crippen LogP contribution in [0.5, 0.6) is 5.75 Å². The van der Waals surface area contributed by atoms with Crippen molar-refractivity contribution in [2.75, 3.05) is 19.0 Å². The number of rotatable bonds is 6. The number of benzene rings is 1. The maximum atomic E-state index is 10.8. The fourth-order valence-corrected chi connectivity index (χ4v) is 3.21. The van der Waals surface area contributed by atoms with Crippen molar-refractivity contribution < 1.29 is 9.66 Å². The molecule has 1 N–H and O–H groups in total. The third-order valence-electron chi connectivity index (χ3n) is 2.67. The highest BCUT2D eigenvalue weighted by Gasteiger charge is 2.10. The van der Waals surface area contributed by atoms with Crippen molar-refractivity contribution in [3.05, 3.63) is 49.1 Å². The third-order valence-corrected chi connectivity index (χ3v) is 4.35. The zero-order chi connectivity index (χ0) is 14.5. The molecule has 7 heteroatoms. The van der Waals surface area contributed by atoms with Gasteiger partial charge in [-0.3, -0.25) is 10.1 Å². The summed E-state index contributed by atoms with van der Waals surface area (Å²) in [5, 5.41) is 14.0. The van der Waals surface area contributed by atoms with Gasteiger partial charge in [-0.05, 0) is 34.5 Å². The molecule has 20 heavy (non-hydrogen) atoms. The number of thiophene rings is 1. The summed E-state index contributed by atoms with van der Waals surface area (Å²) < 4.78 is 6.17. The van der Waals surface area contributed by atoms with Gasteiger partial charge in [0.1, 0.15) is 5.75 Å². The molecule has 0 unspecified atom stereocenters. The summed E-state index contributed by atoms with van der Waals surface area (Å²) in [6.07, 6.45) is 0.862. The van der Waals surface area contributed by atoms with Gasteiger partial charge in [0.25, 0.3) is 5.69 Å². The van der Waals surface area contributed by atoms with Crippen LogP contribution in [0.4, 0.5) is 11.4 Å². The zero-order valence-corrected chi connectivity index (χ0v) is 13.2. The number of methoxy groups -OCH3 is 1. The number of nitro groups is 1. The Balaban J connectivity index is 2.01. The Morgan fingerprint density at radius 3 is 2.80 bits per heavy atom.